The van der Waals surface area contributed by atoms with E-state index in [-0.39, 0.29) is 11.4 Å². The third-order valence-electron chi connectivity index (χ3n) is 2.01. The molecule has 0 aromatic carbocycles. The van der Waals surface area contributed by atoms with E-state index in [9.17, 15) is 0 Å². The summed E-state index contributed by atoms with van der Waals surface area (Å²) in [5.74, 6) is 0.806. The van der Waals surface area contributed by atoms with E-state index in [0.717, 1.165) is 0 Å². The maximum absolute atomic E-state index is 5.74. The Morgan fingerprint density at radius 1 is 1.24 bits per heavy atom. The van der Waals surface area contributed by atoms with Crippen molar-refractivity contribution in [2.24, 2.45) is 0 Å². The molecule has 0 saturated carbocycles. The number of anilines is 2. The Balaban J connectivity index is 2.58. The van der Waals surface area contributed by atoms with Crippen LogP contribution < -0.4 is 10.6 Å². The van der Waals surface area contributed by atoms with Crippen LogP contribution in [0.4, 0.5) is 11.9 Å². The predicted molar refractivity (Wildman–Crippen MR) is 65.5 cm³/mol. The lowest BCUT2D eigenvalue weighted by molar-refractivity contribution is 0.0365. The van der Waals surface area contributed by atoms with Gasteiger partial charge in [0, 0.05) is 27.8 Å². The van der Waals surface area contributed by atoms with Crippen LogP contribution in [0.2, 0.25) is 5.28 Å². The monoisotopic (exact) mass is 261 g/mol. The molecule has 0 bridgehead atoms. The lowest BCUT2D eigenvalue weighted by Gasteiger charge is -2.15. The van der Waals surface area contributed by atoms with Gasteiger partial charge in [-0.1, -0.05) is 0 Å². The first-order valence-corrected chi connectivity index (χ1v) is 5.42. The Labute approximate surface area is 105 Å². The molecule has 0 amide bonds. The lowest BCUT2D eigenvalue weighted by Crippen LogP contribution is -2.27. The Morgan fingerprint density at radius 2 is 1.94 bits per heavy atom. The van der Waals surface area contributed by atoms with Gasteiger partial charge in [0.25, 0.3) is 0 Å². The highest BCUT2D eigenvalue weighted by atomic mass is 35.5. The van der Waals surface area contributed by atoms with Gasteiger partial charge in [-0.25, -0.2) is 0 Å². The van der Waals surface area contributed by atoms with Crippen LogP contribution in [0.15, 0.2) is 0 Å². The second-order valence-electron chi connectivity index (χ2n) is 3.20. The van der Waals surface area contributed by atoms with Gasteiger partial charge in [-0.15, -0.1) is 0 Å². The first-order valence-electron chi connectivity index (χ1n) is 5.04. The summed E-state index contributed by atoms with van der Waals surface area (Å²) in [5, 5.41) is 5.93. The molecule has 0 aliphatic rings. The Hall–Kier alpha value is -1.18. The van der Waals surface area contributed by atoms with E-state index in [4.69, 9.17) is 21.1 Å². The van der Waals surface area contributed by atoms with Crippen LogP contribution in [0.5, 0.6) is 0 Å². The molecule has 0 aliphatic heterocycles. The van der Waals surface area contributed by atoms with Crippen molar-refractivity contribution in [3.05, 3.63) is 5.28 Å². The first kappa shape index (κ1) is 13.9. The summed E-state index contributed by atoms with van der Waals surface area (Å²) in [4.78, 5) is 11.9. The molecular weight excluding hydrogens is 246 g/mol. The van der Waals surface area contributed by atoms with Gasteiger partial charge in [-0.3, -0.25) is 0 Å². The third-order valence-corrected chi connectivity index (χ3v) is 2.17. The molecule has 0 saturated heterocycles. The highest BCUT2D eigenvalue weighted by Crippen LogP contribution is 2.08. The number of hydrogen-bond donors (Lipinski definition) is 2. The molecule has 1 atom stereocenters. The normalized spacial score (nSPS) is 12.2. The average Bonchev–Trinajstić information content (AvgIpc) is 2.33. The Kier molecular flexibility index (Phi) is 5.88. The van der Waals surface area contributed by atoms with Gasteiger partial charge in [-0.2, -0.15) is 15.0 Å². The zero-order chi connectivity index (χ0) is 12.7. The summed E-state index contributed by atoms with van der Waals surface area (Å²) in [5.41, 5.74) is 0. The molecule has 96 valence electrons. The minimum absolute atomic E-state index is 0.0754. The number of rotatable bonds is 7. The van der Waals surface area contributed by atoms with Gasteiger partial charge in [0.1, 0.15) is 0 Å². The summed E-state index contributed by atoms with van der Waals surface area (Å²) in [6.45, 7) is 1.01. The van der Waals surface area contributed by atoms with Gasteiger partial charge in [0.15, 0.2) is 0 Å². The maximum Gasteiger partial charge on any atom is 0.228 e. The molecule has 8 heteroatoms. The van der Waals surface area contributed by atoms with Crippen molar-refractivity contribution in [2.75, 3.05) is 45.1 Å². The molecule has 0 aliphatic carbocycles. The summed E-state index contributed by atoms with van der Waals surface area (Å²) in [7, 11) is 4.94. The van der Waals surface area contributed by atoms with Gasteiger partial charge in [0.05, 0.1) is 12.7 Å². The zero-order valence-corrected chi connectivity index (χ0v) is 10.8. The van der Waals surface area contributed by atoms with Crippen LogP contribution in [0.1, 0.15) is 0 Å². The fourth-order valence-corrected chi connectivity index (χ4v) is 1.30. The molecule has 7 nitrogen and oxygen atoms in total. The standard InChI is InChI=1S/C9H16ClN5O2/c1-11-8-13-7(10)14-9(15-8)12-4-6(17-3)5-16-2/h6H,4-5H2,1-3H3,(H2,11,12,13,14,15). The molecule has 0 radical (unpaired) electrons. The predicted octanol–water partition coefficient (Wildman–Crippen LogP) is 0.640. The fourth-order valence-electron chi connectivity index (χ4n) is 1.14. The molecular formula is C9H16ClN5O2. The van der Waals surface area contributed by atoms with Gasteiger partial charge < -0.3 is 20.1 Å². The van der Waals surface area contributed by atoms with Crippen LogP contribution >= 0.6 is 11.6 Å². The molecule has 1 aromatic heterocycles. The Bertz CT molecular complexity index is 352. The van der Waals surface area contributed by atoms with Gasteiger partial charge >= 0.3 is 0 Å². The summed E-state index contributed by atoms with van der Waals surface area (Å²) < 4.78 is 10.2. The van der Waals surface area contributed by atoms with Crippen molar-refractivity contribution < 1.29 is 9.47 Å². The number of hydrogen-bond acceptors (Lipinski definition) is 7. The van der Waals surface area contributed by atoms with Crippen LogP contribution in [-0.2, 0) is 9.47 Å². The number of methoxy groups -OCH3 is 2. The second kappa shape index (κ2) is 7.21. The molecule has 0 spiro atoms. The highest BCUT2D eigenvalue weighted by Gasteiger charge is 2.09. The Morgan fingerprint density at radius 3 is 2.53 bits per heavy atom. The maximum atomic E-state index is 5.74. The topological polar surface area (TPSA) is 81.2 Å². The molecule has 1 aromatic rings. The summed E-state index contributed by atoms with van der Waals surface area (Å²) in [6, 6.07) is 0. The zero-order valence-electron chi connectivity index (χ0n) is 10.0. The molecule has 17 heavy (non-hydrogen) atoms. The van der Waals surface area contributed by atoms with E-state index in [1.165, 1.54) is 0 Å². The van der Waals surface area contributed by atoms with Crippen molar-refractivity contribution in [2.45, 2.75) is 6.10 Å². The van der Waals surface area contributed by atoms with E-state index >= 15 is 0 Å². The van der Waals surface area contributed by atoms with Crippen molar-refractivity contribution in [3.8, 4) is 0 Å². The molecule has 1 rings (SSSR count). The van der Waals surface area contributed by atoms with Crippen molar-refractivity contribution in [3.63, 3.8) is 0 Å². The molecule has 2 N–H and O–H groups in total. The van der Waals surface area contributed by atoms with Crippen LogP contribution in [0.25, 0.3) is 0 Å². The van der Waals surface area contributed by atoms with E-state index in [1.54, 1.807) is 21.3 Å². The number of nitrogens with one attached hydrogen (secondary N) is 2. The lowest BCUT2D eigenvalue weighted by atomic mass is 10.4. The first-order chi connectivity index (χ1) is 8.19. The highest BCUT2D eigenvalue weighted by molar-refractivity contribution is 6.28. The van der Waals surface area contributed by atoms with Gasteiger partial charge in [0.2, 0.25) is 17.2 Å². The summed E-state index contributed by atoms with van der Waals surface area (Å²) in [6.07, 6.45) is -0.0754. The second-order valence-corrected chi connectivity index (χ2v) is 3.53. The van der Waals surface area contributed by atoms with E-state index in [1.807, 2.05) is 0 Å². The van der Waals surface area contributed by atoms with Crippen LogP contribution in [0, 0.1) is 0 Å². The number of ether oxygens (including phenoxy) is 2. The number of nitrogens with zero attached hydrogens (tertiary/aromatic N) is 3. The molecule has 1 heterocycles. The SMILES string of the molecule is CNc1nc(Cl)nc(NCC(COC)OC)n1. The van der Waals surface area contributed by atoms with Crippen molar-refractivity contribution >= 4 is 23.5 Å². The smallest absolute Gasteiger partial charge is 0.228 e. The van der Waals surface area contributed by atoms with Crippen molar-refractivity contribution in [1.82, 2.24) is 15.0 Å². The van der Waals surface area contributed by atoms with Crippen molar-refractivity contribution in [1.29, 1.82) is 0 Å². The summed E-state index contributed by atoms with van der Waals surface area (Å²) >= 11 is 5.74. The van der Waals surface area contributed by atoms with E-state index in [2.05, 4.69) is 25.6 Å². The fraction of sp³-hybridized carbons (Fsp3) is 0.667. The van der Waals surface area contributed by atoms with Gasteiger partial charge in [-0.05, 0) is 11.6 Å². The number of halogens is 1. The third kappa shape index (κ3) is 4.68. The van der Waals surface area contributed by atoms with Crippen LogP contribution in [0.3, 0.4) is 0 Å². The molecule has 0 fully saturated rings. The minimum Gasteiger partial charge on any atom is -0.382 e. The minimum atomic E-state index is -0.0754. The van der Waals surface area contributed by atoms with E-state index < -0.39 is 0 Å². The van der Waals surface area contributed by atoms with E-state index in [0.29, 0.717) is 25.0 Å². The largest absolute Gasteiger partial charge is 0.382 e. The number of aromatic nitrogens is 3. The van der Waals surface area contributed by atoms with Crippen LogP contribution in [-0.4, -0.2) is 55.5 Å². The molecule has 1 unspecified atom stereocenters. The quantitative estimate of drug-likeness (QED) is 0.745. The average molecular weight is 262 g/mol.